The summed E-state index contributed by atoms with van der Waals surface area (Å²) in [4.78, 5) is 16.8. The normalized spacial score (nSPS) is 15.8. The van der Waals surface area contributed by atoms with Gasteiger partial charge in [-0.05, 0) is 59.7 Å². The van der Waals surface area contributed by atoms with Crippen LogP contribution in [0.25, 0.3) is 6.08 Å². The number of fused-ring (bicyclic) bond motifs is 1. The third-order valence-corrected chi connectivity index (χ3v) is 6.88. The molecule has 9 nitrogen and oxygen atoms in total. The van der Waals surface area contributed by atoms with Crippen molar-refractivity contribution < 1.29 is 23.7 Å². The number of carbonyl (C=O) groups excluding carboxylic acids is 1. The van der Waals surface area contributed by atoms with Gasteiger partial charge in [0.2, 0.25) is 5.17 Å². The minimum Gasteiger partial charge on any atom is -0.493 e. The summed E-state index contributed by atoms with van der Waals surface area (Å²) < 4.78 is 22.7. The van der Waals surface area contributed by atoms with Crippen LogP contribution in [0, 0.1) is 11.3 Å². The molecule has 1 N–H and O–H groups in total. The van der Waals surface area contributed by atoms with E-state index in [1.807, 2.05) is 38.1 Å². The number of hydrazone groups is 1. The summed E-state index contributed by atoms with van der Waals surface area (Å²) in [5.41, 5.74) is 1.91. The van der Waals surface area contributed by atoms with Crippen LogP contribution < -0.4 is 18.9 Å². The molecule has 0 bridgehead atoms. The predicted molar refractivity (Wildman–Crippen MR) is 151 cm³/mol. The fourth-order valence-electron chi connectivity index (χ4n) is 3.73. The molecular formula is C28H30N4O5S. The first-order valence-corrected chi connectivity index (χ1v) is 12.9. The van der Waals surface area contributed by atoms with Crippen molar-refractivity contribution in [1.82, 2.24) is 5.01 Å². The Balaban J connectivity index is 1.42. The number of amidine groups is 2. The van der Waals surface area contributed by atoms with Crippen LogP contribution in [0.1, 0.15) is 25.0 Å². The van der Waals surface area contributed by atoms with Crippen molar-refractivity contribution in [2.75, 3.05) is 27.4 Å². The van der Waals surface area contributed by atoms with Gasteiger partial charge >= 0.3 is 0 Å². The maximum absolute atomic E-state index is 12.7. The van der Waals surface area contributed by atoms with Crippen molar-refractivity contribution in [2.24, 2.45) is 16.0 Å². The maximum atomic E-state index is 12.7. The van der Waals surface area contributed by atoms with Crippen molar-refractivity contribution >= 4 is 39.8 Å². The molecule has 0 radical (unpaired) electrons. The molecule has 2 aromatic carbocycles. The van der Waals surface area contributed by atoms with E-state index in [-0.39, 0.29) is 23.9 Å². The number of ether oxygens (including phenoxy) is 4. The average Bonchev–Trinajstić information content (AvgIpc) is 3.34. The first-order chi connectivity index (χ1) is 18.3. The summed E-state index contributed by atoms with van der Waals surface area (Å²) in [7, 11) is 3.14. The van der Waals surface area contributed by atoms with Gasteiger partial charge in [-0.2, -0.15) is 15.1 Å². The molecule has 0 aromatic heterocycles. The van der Waals surface area contributed by atoms with Crippen molar-refractivity contribution in [2.45, 2.75) is 20.3 Å². The quantitative estimate of drug-likeness (QED) is 0.241. The standard InChI is InChI=1S/C28H30N4O5S/c1-6-7-18-8-10-21(23(15-18)34-4)36-12-13-37-22-11-9-19(16-24(22)35-5)14-20-25(29)32-28(30-26(20)33)38-27(31-32)17(2)3/h6,8-11,14-17,29H,1,7,12-13H2,2-5H3. The average molecular weight is 535 g/mol. The lowest BCUT2D eigenvalue weighted by Gasteiger charge is -2.20. The highest BCUT2D eigenvalue weighted by Gasteiger charge is 2.36. The molecule has 0 spiro atoms. The van der Waals surface area contributed by atoms with E-state index in [0.29, 0.717) is 40.3 Å². The Morgan fingerprint density at radius 2 is 1.68 bits per heavy atom. The van der Waals surface area contributed by atoms with Gasteiger partial charge in [-0.25, -0.2) is 0 Å². The number of nitrogens with zero attached hydrogens (tertiary/aromatic N) is 3. The van der Waals surface area contributed by atoms with Gasteiger partial charge in [0.25, 0.3) is 5.91 Å². The zero-order valence-corrected chi connectivity index (χ0v) is 22.6. The third-order valence-electron chi connectivity index (χ3n) is 5.67. The molecule has 198 valence electrons. The van der Waals surface area contributed by atoms with E-state index in [1.165, 1.54) is 16.8 Å². The molecule has 38 heavy (non-hydrogen) atoms. The smallest absolute Gasteiger partial charge is 0.283 e. The molecule has 2 aromatic rings. The zero-order valence-electron chi connectivity index (χ0n) is 21.8. The van der Waals surface area contributed by atoms with Crippen LogP contribution in [0.4, 0.5) is 0 Å². The monoisotopic (exact) mass is 534 g/mol. The van der Waals surface area contributed by atoms with Crippen molar-refractivity contribution in [3.8, 4) is 23.0 Å². The Morgan fingerprint density at radius 1 is 1.03 bits per heavy atom. The van der Waals surface area contributed by atoms with E-state index >= 15 is 0 Å². The fraction of sp³-hybridized carbons (Fsp3) is 0.286. The summed E-state index contributed by atoms with van der Waals surface area (Å²) in [5, 5.41) is 15.6. The molecule has 0 atom stereocenters. The molecule has 1 amide bonds. The minimum absolute atomic E-state index is 0.00690. The fourth-order valence-corrected chi connectivity index (χ4v) is 4.62. The van der Waals surface area contributed by atoms with Gasteiger partial charge in [0.1, 0.15) is 18.3 Å². The maximum Gasteiger partial charge on any atom is 0.283 e. The second-order valence-corrected chi connectivity index (χ2v) is 9.69. The topological polar surface area (TPSA) is 106 Å². The number of rotatable bonds is 11. The molecule has 0 fully saturated rings. The van der Waals surface area contributed by atoms with Gasteiger partial charge in [0, 0.05) is 5.92 Å². The SMILES string of the molecule is C=CCc1ccc(OCCOc2ccc(C=C3C(=N)N4N=C(C(C)C)SC4=NC3=O)cc2OC)c(OC)c1. The Kier molecular flexibility index (Phi) is 8.52. The number of allylic oxidation sites excluding steroid dienone is 1. The number of hydrogen-bond donors (Lipinski definition) is 1. The van der Waals surface area contributed by atoms with Crippen LogP contribution in [0.3, 0.4) is 0 Å². The van der Waals surface area contributed by atoms with Crippen LogP contribution in [0.15, 0.2) is 64.7 Å². The lowest BCUT2D eigenvalue weighted by molar-refractivity contribution is -0.114. The second-order valence-electron chi connectivity index (χ2n) is 8.70. The van der Waals surface area contributed by atoms with Crippen LogP contribution in [-0.4, -0.2) is 54.4 Å². The summed E-state index contributed by atoms with van der Waals surface area (Å²) in [6.07, 6.45) is 4.19. The Hall–Kier alpha value is -4.05. The molecule has 0 aliphatic carbocycles. The molecule has 2 aliphatic heterocycles. The Morgan fingerprint density at radius 3 is 2.32 bits per heavy atom. The van der Waals surface area contributed by atoms with Crippen molar-refractivity contribution in [3.63, 3.8) is 0 Å². The van der Waals surface area contributed by atoms with Gasteiger partial charge in [-0.3, -0.25) is 10.2 Å². The number of benzene rings is 2. The Labute approximate surface area is 226 Å². The highest BCUT2D eigenvalue weighted by molar-refractivity contribution is 8.27. The number of thioether (sulfide) groups is 1. The number of carbonyl (C=O) groups is 1. The molecule has 4 rings (SSSR count). The van der Waals surface area contributed by atoms with E-state index in [2.05, 4.69) is 16.7 Å². The number of nitrogens with one attached hydrogen (secondary N) is 1. The van der Waals surface area contributed by atoms with Crippen LogP contribution >= 0.6 is 11.8 Å². The van der Waals surface area contributed by atoms with Gasteiger partial charge in [-0.1, -0.05) is 32.1 Å². The molecule has 2 heterocycles. The highest BCUT2D eigenvalue weighted by Crippen LogP contribution is 2.33. The van der Waals surface area contributed by atoms with Gasteiger partial charge < -0.3 is 18.9 Å². The number of aliphatic imine (C=N–C) groups is 1. The number of methoxy groups -OCH3 is 2. The van der Waals surface area contributed by atoms with Crippen LogP contribution in [0.5, 0.6) is 23.0 Å². The van der Waals surface area contributed by atoms with E-state index in [1.54, 1.807) is 38.5 Å². The van der Waals surface area contributed by atoms with Gasteiger partial charge in [0.05, 0.1) is 19.8 Å². The van der Waals surface area contributed by atoms with Crippen LogP contribution in [0.2, 0.25) is 0 Å². The van der Waals surface area contributed by atoms with E-state index in [0.717, 1.165) is 17.0 Å². The summed E-state index contributed by atoms with van der Waals surface area (Å²) in [6.45, 7) is 8.35. The lowest BCUT2D eigenvalue weighted by Crippen LogP contribution is -2.35. The van der Waals surface area contributed by atoms with Crippen LogP contribution in [-0.2, 0) is 11.2 Å². The van der Waals surface area contributed by atoms with Gasteiger partial charge in [0.15, 0.2) is 28.8 Å². The summed E-state index contributed by atoms with van der Waals surface area (Å²) >= 11 is 1.32. The van der Waals surface area contributed by atoms with E-state index in [9.17, 15) is 4.79 Å². The van der Waals surface area contributed by atoms with E-state index < -0.39 is 5.91 Å². The molecule has 2 aliphatic rings. The molecular weight excluding hydrogens is 504 g/mol. The molecule has 0 unspecified atom stereocenters. The summed E-state index contributed by atoms with van der Waals surface area (Å²) in [6, 6.07) is 11.0. The lowest BCUT2D eigenvalue weighted by atomic mass is 10.1. The number of amides is 1. The largest absolute Gasteiger partial charge is 0.493 e. The zero-order chi connectivity index (χ0) is 27.2. The van der Waals surface area contributed by atoms with Crippen molar-refractivity contribution in [1.29, 1.82) is 5.41 Å². The Bertz CT molecular complexity index is 1350. The second kappa shape index (κ2) is 12.0. The number of hydrogen-bond acceptors (Lipinski definition) is 8. The molecule has 0 saturated carbocycles. The van der Waals surface area contributed by atoms with Crippen molar-refractivity contribution in [3.05, 3.63) is 65.8 Å². The third kappa shape index (κ3) is 5.91. The predicted octanol–water partition coefficient (Wildman–Crippen LogP) is 5.17. The highest BCUT2D eigenvalue weighted by atomic mass is 32.2. The molecule has 10 heteroatoms. The first kappa shape index (κ1) is 27.0. The minimum atomic E-state index is -0.474. The van der Waals surface area contributed by atoms with E-state index in [4.69, 9.17) is 24.4 Å². The molecule has 0 saturated heterocycles. The summed E-state index contributed by atoms with van der Waals surface area (Å²) in [5.74, 6) is 1.99. The first-order valence-electron chi connectivity index (χ1n) is 12.1. The van der Waals surface area contributed by atoms with Gasteiger partial charge in [-0.15, -0.1) is 6.58 Å².